The molecule has 8 nitrogen and oxygen atoms in total. The number of hydrogen-bond acceptors (Lipinski definition) is 6. The molecule has 1 aromatic heterocycles. The molecule has 1 atom stereocenters. The van der Waals surface area contributed by atoms with Gasteiger partial charge in [0.25, 0.3) is 5.89 Å². The fraction of sp³-hybridized carbons (Fsp3) is 0.185. The van der Waals surface area contributed by atoms with Crippen molar-refractivity contribution in [3.05, 3.63) is 78.4 Å². The second-order valence-corrected chi connectivity index (χ2v) is 8.43. The molecule has 1 saturated heterocycles. The molecule has 0 aliphatic carbocycles. The molecule has 1 N–H and O–H groups in total. The van der Waals surface area contributed by atoms with Gasteiger partial charge in [0.05, 0.1) is 24.3 Å². The normalized spacial score (nSPS) is 15.3. The van der Waals surface area contributed by atoms with Crippen LogP contribution in [-0.4, -0.2) is 35.6 Å². The fourth-order valence-electron chi connectivity index (χ4n) is 4.14. The summed E-state index contributed by atoms with van der Waals surface area (Å²) >= 11 is 0. The molecule has 1 fully saturated rings. The minimum absolute atomic E-state index is 0.0942. The summed E-state index contributed by atoms with van der Waals surface area (Å²) in [6.07, 6.45) is 0.137. The Bertz CT molecular complexity index is 1380. The standard InChI is InChI=1S/C27H24N4O4/c1-17-6-5-7-18(14-17)25-29-27(35-30-25)22-8-3-4-9-23(22)28-26(33)19-15-24(32)31(16-19)20-10-12-21(34-2)13-11-20/h3-14,19H,15-16H2,1-2H3,(H,28,33). The van der Waals surface area contributed by atoms with Crippen molar-refractivity contribution in [1.29, 1.82) is 0 Å². The van der Waals surface area contributed by atoms with Crippen LogP contribution in [-0.2, 0) is 9.59 Å². The van der Waals surface area contributed by atoms with Crippen LogP contribution in [0, 0.1) is 12.8 Å². The first-order valence-electron chi connectivity index (χ1n) is 11.3. The predicted octanol–water partition coefficient (Wildman–Crippen LogP) is 4.71. The lowest BCUT2D eigenvalue weighted by Gasteiger charge is -2.17. The van der Waals surface area contributed by atoms with Crippen LogP contribution in [0.15, 0.2) is 77.3 Å². The Hall–Kier alpha value is -4.46. The van der Waals surface area contributed by atoms with Crippen molar-refractivity contribution in [1.82, 2.24) is 10.1 Å². The van der Waals surface area contributed by atoms with Gasteiger partial charge in [0.2, 0.25) is 17.6 Å². The lowest BCUT2D eigenvalue weighted by molar-refractivity contribution is -0.122. The maximum Gasteiger partial charge on any atom is 0.260 e. The molecule has 0 spiro atoms. The van der Waals surface area contributed by atoms with Gasteiger partial charge in [0, 0.05) is 24.2 Å². The zero-order valence-corrected chi connectivity index (χ0v) is 19.4. The van der Waals surface area contributed by atoms with Crippen LogP contribution < -0.4 is 15.0 Å². The molecular weight excluding hydrogens is 444 g/mol. The summed E-state index contributed by atoms with van der Waals surface area (Å²) in [5.41, 5.74) is 3.85. The maximum absolute atomic E-state index is 13.1. The number of anilines is 2. The molecule has 2 heterocycles. The fourth-order valence-corrected chi connectivity index (χ4v) is 4.14. The molecule has 0 bridgehead atoms. The third kappa shape index (κ3) is 4.63. The Morgan fingerprint density at radius 2 is 1.89 bits per heavy atom. The number of benzene rings is 3. The molecule has 1 aliphatic heterocycles. The number of aromatic nitrogens is 2. The molecule has 4 aromatic rings. The van der Waals surface area contributed by atoms with Gasteiger partial charge < -0.3 is 19.5 Å². The van der Waals surface area contributed by atoms with Crippen molar-refractivity contribution in [2.45, 2.75) is 13.3 Å². The second kappa shape index (κ2) is 9.42. The summed E-state index contributed by atoms with van der Waals surface area (Å²) in [5, 5.41) is 7.06. The van der Waals surface area contributed by atoms with Crippen LogP contribution in [0.3, 0.4) is 0 Å². The third-order valence-electron chi connectivity index (χ3n) is 6.00. The van der Waals surface area contributed by atoms with Crippen LogP contribution in [0.2, 0.25) is 0 Å². The van der Waals surface area contributed by atoms with Gasteiger partial charge >= 0.3 is 0 Å². The van der Waals surface area contributed by atoms with Gasteiger partial charge in [0.15, 0.2) is 0 Å². The minimum Gasteiger partial charge on any atom is -0.497 e. The molecule has 5 rings (SSSR count). The third-order valence-corrected chi connectivity index (χ3v) is 6.00. The maximum atomic E-state index is 13.1. The number of carbonyl (C=O) groups excluding carboxylic acids is 2. The second-order valence-electron chi connectivity index (χ2n) is 8.43. The van der Waals surface area contributed by atoms with E-state index < -0.39 is 5.92 Å². The van der Waals surface area contributed by atoms with Crippen molar-refractivity contribution < 1.29 is 18.8 Å². The number of hydrogen-bond donors (Lipinski definition) is 1. The highest BCUT2D eigenvalue weighted by Crippen LogP contribution is 2.31. The summed E-state index contributed by atoms with van der Waals surface area (Å²) in [4.78, 5) is 31.9. The molecule has 1 unspecified atom stereocenters. The highest BCUT2D eigenvalue weighted by Gasteiger charge is 2.35. The molecule has 1 aliphatic rings. The smallest absolute Gasteiger partial charge is 0.260 e. The Morgan fingerprint density at radius 1 is 1.09 bits per heavy atom. The van der Waals surface area contributed by atoms with E-state index in [1.165, 1.54) is 0 Å². The van der Waals surface area contributed by atoms with Gasteiger partial charge in [-0.1, -0.05) is 41.1 Å². The highest BCUT2D eigenvalue weighted by atomic mass is 16.5. The van der Waals surface area contributed by atoms with Crippen LogP contribution >= 0.6 is 0 Å². The number of carbonyl (C=O) groups is 2. The van der Waals surface area contributed by atoms with E-state index in [4.69, 9.17) is 9.26 Å². The summed E-state index contributed by atoms with van der Waals surface area (Å²) in [5.74, 6) is 0.672. The number of ether oxygens (including phenoxy) is 1. The van der Waals surface area contributed by atoms with Crippen LogP contribution in [0.4, 0.5) is 11.4 Å². The van der Waals surface area contributed by atoms with Crippen molar-refractivity contribution in [2.75, 3.05) is 23.9 Å². The molecule has 0 radical (unpaired) electrons. The van der Waals surface area contributed by atoms with Gasteiger partial charge in [-0.25, -0.2) is 0 Å². The topological polar surface area (TPSA) is 97.6 Å². The van der Waals surface area contributed by atoms with Crippen molar-refractivity contribution >= 4 is 23.2 Å². The van der Waals surface area contributed by atoms with E-state index in [1.54, 1.807) is 30.2 Å². The van der Waals surface area contributed by atoms with Gasteiger partial charge in [-0.3, -0.25) is 9.59 Å². The zero-order valence-electron chi connectivity index (χ0n) is 19.4. The Kier molecular flexibility index (Phi) is 6.01. The van der Waals surface area contributed by atoms with E-state index in [0.717, 1.165) is 16.8 Å². The molecule has 3 aromatic carbocycles. The first-order chi connectivity index (χ1) is 17.0. The molecule has 8 heteroatoms. The quantitative estimate of drug-likeness (QED) is 0.440. The molecule has 176 valence electrons. The Labute approximate surface area is 202 Å². The minimum atomic E-state index is -0.483. The zero-order chi connectivity index (χ0) is 24.4. The lowest BCUT2D eigenvalue weighted by atomic mass is 10.1. The lowest BCUT2D eigenvalue weighted by Crippen LogP contribution is -2.28. The summed E-state index contributed by atoms with van der Waals surface area (Å²) in [6, 6.07) is 22.3. The molecule has 35 heavy (non-hydrogen) atoms. The van der Waals surface area contributed by atoms with Crippen molar-refractivity contribution in [3.63, 3.8) is 0 Å². The average molecular weight is 469 g/mol. The van der Waals surface area contributed by atoms with Gasteiger partial charge in [-0.05, 0) is 49.4 Å². The largest absolute Gasteiger partial charge is 0.497 e. The Balaban J connectivity index is 1.33. The van der Waals surface area contributed by atoms with E-state index in [-0.39, 0.29) is 18.2 Å². The van der Waals surface area contributed by atoms with Crippen LogP contribution in [0.5, 0.6) is 5.75 Å². The van der Waals surface area contributed by atoms with Gasteiger partial charge in [0.1, 0.15) is 5.75 Å². The average Bonchev–Trinajstić information content (AvgIpc) is 3.52. The number of nitrogens with zero attached hydrogens (tertiary/aromatic N) is 3. The van der Waals surface area contributed by atoms with Crippen LogP contribution in [0.1, 0.15) is 12.0 Å². The number of methoxy groups -OCH3 is 1. The van der Waals surface area contributed by atoms with E-state index in [1.807, 2.05) is 61.5 Å². The highest BCUT2D eigenvalue weighted by molar-refractivity contribution is 6.04. The van der Waals surface area contributed by atoms with E-state index in [9.17, 15) is 9.59 Å². The number of amides is 2. The Morgan fingerprint density at radius 3 is 2.66 bits per heavy atom. The van der Waals surface area contributed by atoms with E-state index in [0.29, 0.717) is 35.3 Å². The van der Waals surface area contributed by atoms with Gasteiger partial charge in [-0.2, -0.15) is 4.98 Å². The predicted molar refractivity (Wildman–Crippen MR) is 132 cm³/mol. The number of nitrogens with one attached hydrogen (secondary N) is 1. The van der Waals surface area contributed by atoms with E-state index >= 15 is 0 Å². The first-order valence-corrected chi connectivity index (χ1v) is 11.3. The summed E-state index contributed by atoms with van der Waals surface area (Å²) in [7, 11) is 1.59. The summed E-state index contributed by atoms with van der Waals surface area (Å²) in [6.45, 7) is 2.30. The van der Waals surface area contributed by atoms with Gasteiger partial charge in [-0.15, -0.1) is 0 Å². The first kappa shape index (κ1) is 22.3. The number of para-hydroxylation sites is 1. The molecule has 2 amide bonds. The summed E-state index contributed by atoms with van der Waals surface area (Å²) < 4.78 is 10.7. The number of rotatable bonds is 6. The SMILES string of the molecule is COc1ccc(N2CC(C(=O)Nc3ccccc3-c3nc(-c4cccc(C)c4)no3)CC2=O)cc1. The molecular formula is C27H24N4O4. The van der Waals surface area contributed by atoms with Crippen molar-refractivity contribution in [3.8, 4) is 28.6 Å². The monoisotopic (exact) mass is 468 g/mol. The molecule has 0 saturated carbocycles. The number of aryl methyl sites for hydroxylation is 1. The van der Waals surface area contributed by atoms with Crippen LogP contribution in [0.25, 0.3) is 22.8 Å². The van der Waals surface area contributed by atoms with E-state index in [2.05, 4.69) is 15.5 Å². The van der Waals surface area contributed by atoms with Crippen molar-refractivity contribution in [2.24, 2.45) is 5.92 Å².